The highest BCUT2D eigenvalue weighted by molar-refractivity contribution is 5.85. The topological polar surface area (TPSA) is 73.5 Å². The summed E-state index contributed by atoms with van der Waals surface area (Å²) in [6.45, 7) is 3.18. The highest BCUT2D eigenvalue weighted by Crippen LogP contribution is 2.55. The second-order valence-corrected chi connectivity index (χ2v) is 9.71. The van der Waals surface area contributed by atoms with Crippen molar-refractivity contribution in [3.63, 3.8) is 0 Å². The Balaban J connectivity index is 0.00000225. The van der Waals surface area contributed by atoms with E-state index in [2.05, 4.69) is 16.0 Å². The van der Waals surface area contributed by atoms with E-state index in [1.54, 1.807) is 0 Å². The predicted molar refractivity (Wildman–Crippen MR) is 113 cm³/mol. The number of carbonyl (C=O) groups excluding carboxylic acids is 2. The van der Waals surface area contributed by atoms with Crippen LogP contribution in [0.5, 0.6) is 0 Å². The number of likely N-dealkylation sites (tertiary alicyclic amines) is 1. The number of hydrogen-bond acceptors (Lipinski definition) is 3. The first-order chi connectivity index (χ1) is 13.0. The summed E-state index contributed by atoms with van der Waals surface area (Å²) in [4.78, 5) is 26.8. The van der Waals surface area contributed by atoms with Crippen molar-refractivity contribution in [3.8, 4) is 0 Å². The SMILES string of the molecule is CNCC1CCN(C(=O)CCNC(=O)NC23CC4CC(CC(C4)C2)C3)CC1.Cl. The molecule has 1 aliphatic heterocycles. The van der Waals surface area contributed by atoms with Gasteiger partial charge >= 0.3 is 6.03 Å². The van der Waals surface area contributed by atoms with Gasteiger partial charge in [0.25, 0.3) is 0 Å². The van der Waals surface area contributed by atoms with E-state index in [0.717, 1.165) is 69.5 Å². The summed E-state index contributed by atoms with van der Waals surface area (Å²) in [5.74, 6) is 3.33. The van der Waals surface area contributed by atoms with Gasteiger partial charge in [-0.2, -0.15) is 0 Å². The molecule has 4 aliphatic carbocycles. The van der Waals surface area contributed by atoms with Crippen LogP contribution in [-0.2, 0) is 4.79 Å². The van der Waals surface area contributed by atoms with Crippen LogP contribution in [0.3, 0.4) is 0 Å². The zero-order valence-electron chi connectivity index (χ0n) is 17.2. The maximum absolute atomic E-state index is 12.4. The fraction of sp³-hybridized carbons (Fsp3) is 0.905. The number of amides is 3. The summed E-state index contributed by atoms with van der Waals surface area (Å²) < 4.78 is 0. The van der Waals surface area contributed by atoms with Crippen molar-refractivity contribution in [2.45, 2.75) is 63.3 Å². The first kappa shape index (κ1) is 21.7. The van der Waals surface area contributed by atoms with Gasteiger partial charge in [0, 0.05) is 31.6 Å². The van der Waals surface area contributed by atoms with Gasteiger partial charge in [-0.05, 0) is 88.6 Å². The van der Waals surface area contributed by atoms with Crippen LogP contribution in [0, 0.1) is 23.7 Å². The summed E-state index contributed by atoms with van der Waals surface area (Å²) in [5.41, 5.74) is 0.0397. The molecule has 0 aromatic heterocycles. The van der Waals surface area contributed by atoms with Crippen molar-refractivity contribution >= 4 is 24.3 Å². The molecule has 28 heavy (non-hydrogen) atoms. The number of halogens is 1. The van der Waals surface area contributed by atoms with Gasteiger partial charge in [0.15, 0.2) is 0 Å². The van der Waals surface area contributed by atoms with Crippen molar-refractivity contribution in [3.05, 3.63) is 0 Å². The Morgan fingerprint density at radius 1 is 1.00 bits per heavy atom. The summed E-state index contributed by atoms with van der Waals surface area (Å²) >= 11 is 0. The lowest BCUT2D eigenvalue weighted by Gasteiger charge is -2.56. The molecule has 1 heterocycles. The van der Waals surface area contributed by atoms with Crippen LogP contribution in [-0.4, -0.2) is 55.6 Å². The third kappa shape index (κ3) is 4.93. The molecular formula is C21H37ClN4O2. The number of piperidine rings is 1. The molecule has 0 aromatic rings. The van der Waals surface area contributed by atoms with E-state index >= 15 is 0 Å². The van der Waals surface area contributed by atoms with Gasteiger partial charge in [0.2, 0.25) is 5.91 Å². The molecule has 7 heteroatoms. The standard InChI is InChI=1S/C21H36N4O2.ClH/c1-22-14-15-3-6-25(7-4-15)19(26)2-5-23-20(27)24-21-11-16-8-17(12-21)10-18(9-16)13-21;/h15-18,22H,2-14H2,1H3,(H2,23,24,27);1H. The lowest BCUT2D eigenvalue weighted by atomic mass is 9.53. The van der Waals surface area contributed by atoms with Gasteiger partial charge in [0.1, 0.15) is 0 Å². The molecule has 0 unspecified atom stereocenters. The van der Waals surface area contributed by atoms with E-state index in [1.807, 2.05) is 11.9 Å². The van der Waals surface area contributed by atoms with Crippen LogP contribution in [0.15, 0.2) is 0 Å². The van der Waals surface area contributed by atoms with Crippen LogP contribution >= 0.6 is 12.4 Å². The number of carbonyl (C=O) groups is 2. The quantitative estimate of drug-likeness (QED) is 0.627. The molecule has 0 spiro atoms. The fourth-order valence-electron chi connectivity index (χ4n) is 6.67. The van der Waals surface area contributed by atoms with E-state index in [-0.39, 0.29) is 29.9 Å². The molecule has 4 saturated carbocycles. The van der Waals surface area contributed by atoms with Crippen molar-refractivity contribution < 1.29 is 9.59 Å². The average Bonchev–Trinajstić information content (AvgIpc) is 2.61. The van der Waals surface area contributed by atoms with E-state index in [1.165, 1.54) is 19.3 Å². The van der Waals surface area contributed by atoms with Gasteiger partial charge in [-0.3, -0.25) is 4.79 Å². The first-order valence-corrected chi connectivity index (χ1v) is 11.0. The highest BCUT2D eigenvalue weighted by Gasteiger charge is 2.51. The molecule has 4 bridgehead atoms. The molecular weight excluding hydrogens is 376 g/mol. The van der Waals surface area contributed by atoms with Crippen molar-refractivity contribution in [1.82, 2.24) is 20.9 Å². The van der Waals surface area contributed by atoms with Crippen LogP contribution in [0.1, 0.15) is 57.8 Å². The smallest absolute Gasteiger partial charge is 0.315 e. The maximum atomic E-state index is 12.4. The summed E-state index contributed by atoms with van der Waals surface area (Å²) in [6, 6.07) is -0.0718. The minimum atomic E-state index is -0.0718. The molecule has 1 saturated heterocycles. The number of hydrogen-bond donors (Lipinski definition) is 3. The Morgan fingerprint density at radius 3 is 2.11 bits per heavy atom. The zero-order chi connectivity index (χ0) is 18.9. The van der Waals surface area contributed by atoms with Gasteiger partial charge in [0.05, 0.1) is 0 Å². The average molecular weight is 413 g/mol. The third-order valence-corrected chi connectivity index (χ3v) is 7.50. The molecule has 5 aliphatic rings. The second-order valence-electron chi connectivity index (χ2n) is 9.71. The lowest BCUT2D eigenvalue weighted by molar-refractivity contribution is -0.132. The fourth-order valence-corrected chi connectivity index (χ4v) is 6.67. The van der Waals surface area contributed by atoms with Crippen LogP contribution in [0.2, 0.25) is 0 Å². The largest absolute Gasteiger partial charge is 0.343 e. The highest BCUT2D eigenvalue weighted by atomic mass is 35.5. The summed E-state index contributed by atoms with van der Waals surface area (Å²) in [5, 5.41) is 9.49. The number of rotatable bonds is 6. The first-order valence-electron chi connectivity index (χ1n) is 11.0. The molecule has 0 atom stereocenters. The van der Waals surface area contributed by atoms with Crippen LogP contribution < -0.4 is 16.0 Å². The number of nitrogens with one attached hydrogen (secondary N) is 3. The molecule has 3 amide bonds. The molecule has 0 aromatic carbocycles. The Kier molecular flexibility index (Phi) is 7.13. The van der Waals surface area contributed by atoms with Gasteiger partial charge in [-0.1, -0.05) is 0 Å². The van der Waals surface area contributed by atoms with E-state index in [9.17, 15) is 9.59 Å². The number of nitrogens with zero attached hydrogens (tertiary/aromatic N) is 1. The number of urea groups is 1. The molecule has 6 nitrogen and oxygen atoms in total. The molecule has 160 valence electrons. The maximum Gasteiger partial charge on any atom is 0.315 e. The molecule has 5 rings (SSSR count). The van der Waals surface area contributed by atoms with Gasteiger partial charge in [-0.15, -0.1) is 12.4 Å². The Bertz CT molecular complexity index is 527. The Labute approximate surface area is 175 Å². The van der Waals surface area contributed by atoms with E-state index < -0.39 is 0 Å². The minimum absolute atomic E-state index is 0. The molecule has 3 N–H and O–H groups in total. The Hall–Kier alpha value is -1.01. The molecule has 5 fully saturated rings. The van der Waals surface area contributed by atoms with E-state index in [4.69, 9.17) is 0 Å². The minimum Gasteiger partial charge on any atom is -0.343 e. The van der Waals surface area contributed by atoms with Crippen molar-refractivity contribution in [1.29, 1.82) is 0 Å². The van der Waals surface area contributed by atoms with E-state index in [0.29, 0.717) is 18.9 Å². The van der Waals surface area contributed by atoms with Crippen molar-refractivity contribution in [2.75, 3.05) is 33.2 Å². The molecule has 0 radical (unpaired) electrons. The van der Waals surface area contributed by atoms with Crippen LogP contribution in [0.4, 0.5) is 4.79 Å². The second kappa shape index (κ2) is 9.21. The zero-order valence-corrected chi connectivity index (χ0v) is 18.0. The summed E-state index contributed by atoms with van der Waals surface area (Å²) in [7, 11) is 1.98. The monoisotopic (exact) mass is 412 g/mol. The lowest BCUT2D eigenvalue weighted by Crippen LogP contribution is -2.61. The predicted octanol–water partition coefficient (Wildman–Crippen LogP) is 2.52. The van der Waals surface area contributed by atoms with Gasteiger partial charge < -0.3 is 20.9 Å². The van der Waals surface area contributed by atoms with Gasteiger partial charge in [-0.25, -0.2) is 4.79 Å². The Morgan fingerprint density at radius 2 is 1.57 bits per heavy atom. The third-order valence-electron chi connectivity index (χ3n) is 7.50. The van der Waals surface area contributed by atoms with Crippen molar-refractivity contribution in [2.24, 2.45) is 23.7 Å². The van der Waals surface area contributed by atoms with Crippen LogP contribution in [0.25, 0.3) is 0 Å². The summed E-state index contributed by atoms with van der Waals surface area (Å²) in [6.07, 6.45) is 10.2. The normalized spacial score (nSPS) is 34.0.